The Bertz CT molecular complexity index is 358. The summed E-state index contributed by atoms with van der Waals surface area (Å²) in [7, 11) is 0. The van der Waals surface area contributed by atoms with Crippen LogP contribution in [-0.2, 0) is 0 Å². The average Bonchev–Trinajstić information content (AvgIpc) is 2.06. The number of halogens is 1. The van der Waals surface area contributed by atoms with Gasteiger partial charge in [0.1, 0.15) is 11.9 Å². The van der Waals surface area contributed by atoms with E-state index < -0.39 is 6.17 Å². The summed E-state index contributed by atoms with van der Waals surface area (Å²) in [5, 5.41) is 13.2. The third-order valence-electron chi connectivity index (χ3n) is 1.67. The number of fused-ring (bicyclic) bond motifs is 1. The van der Waals surface area contributed by atoms with Gasteiger partial charge in [-0.15, -0.1) is 10.3 Å². The molecule has 0 aromatic rings. The first kappa shape index (κ1) is 7.93. The van der Waals surface area contributed by atoms with E-state index in [9.17, 15) is 9.60 Å². The number of hydrogen-bond acceptors (Lipinski definition) is 5. The zero-order valence-electron chi connectivity index (χ0n) is 6.55. The van der Waals surface area contributed by atoms with Crippen LogP contribution in [0.3, 0.4) is 0 Å². The summed E-state index contributed by atoms with van der Waals surface area (Å²) in [6.45, 7) is 0. The Balaban J connectivity index is 2.42. The summed E-state index contributed by atoms with van der Waals surface area (Å²) < 4.78 is 12.8. The third-order valence-corrected chi connectivity index (χ3v) is 1.67. The monoisotopic (exact) mass is 182 g/mol. The van der Waals surface area contributed by atoms with E-state index in [1.54, 1.807) is 0 Å². The minimum absolute atomic E-state index is 0.0587. The number of aliphatic imine (C=N–C) groups is 1. The van der Waals surface area contributed by atoms with Gasteiger partial charge in [0.05, 0.1) is 5.71 Å². The molecule has 0 aromatic carbocycles. The molecule has 13 heavy (non-hydrogen) atoms. The summed E-state index contributed by atoms with van der Waals surface area (Å²) >= 11 is 0. The van der Waals surface area contributed by atoms with Gasteiger partial charge >= 0.3 is 0 Å². The SMILES string of the molecule is NC1=NN(O)C2=CC(F)C=CC2=N1. The summed E-state index contributed by atoms with van der Waals surface area (Å²) in [6, 6.07) is 0. The second-order valence-corrected chi connectivity index (χ2v) is 2.60. The largest absolute Gasteiger partial charge is 0.366 e. The van der Waals surface area contributed by atoms with Gasteiger partial charge in [-0.05, 0) is 18.2 Å². The van der Waals surface area contributed by atoms with Crippen molar-refractivity contribution >= 4 is 11.7 Å². The molecule has 0 bridgehead atoms. The average molecular weight is 182 g/mol. The Morgan fingerprint density at radius 1 is 1.62 bits per heavy atom. The molecule has 1 heterocycles. The summed E-state index contributed by atoms with van der Waals surface area (Å²) in [5.74, 6) is -0.0587. The highest BCUT2D eigenvalue weighted by atomic mass is 19.1. The smallest absolute Gasteiger partial charge is 0.241 e. The predicted molar refractivity (Wildman–Crippen MR) is 44.8 cm³/mol. The maximum absolute atomic E-state index is 12.8. The van der Waals surface area contributed by atoms with Gasteiger partial charge in [-0.3, -0.25) is 5.21 Å². The lowest BCUT2D eigenvalue weighted by Gasteiger charge is -2.21. The van der Waals surface area contributed by atoms with Crippen LogP contribution in [0.1, 0.15) is 0 Å². The fourth-order valence-electron chi connectivity index (χ4n) is 1.12. The van der Waals surface area contributed by atoms with Gasteiger partial charge in [0.2, 0.25) is 5.96 Å². The summed E-state index contributed by atoms with van der Waals surface area (Å²) in [5.41, 5.74) is 5.89. The van der Waals surface area contributed by atoms with Crippen LogP contribution in [0.25, 0.3) is 0 Å². The number of guanidine groups is 1. The van der Waals surface area contributed by atoms with Gasteiger partial charge in [-0.1, -0.05) is 0 Å². The molecule has 3 N–H and O–H groups in total. The fraction of sp³-hybridized carbons (Fsp3) is 0.143. The van der Waals surface area contributed by atoms with Crippen LogP contribution in [0, 0.1) is 0 Å². The predicted octanol–water partition coefficient (Wildman–Crippen LogP) is 0.154. The highest BCUT2D eigenvalue weighted by Gasteiger charge is 2.21. The highest BCUT2D eigenvalue weighted by molar-refractivity contribution is 6.14. The van der Waals surface area contributed by atoms with Gasteiger partial charge in [0, 0.05) is 0 Å². The number of nitrogens with zero attached hydrogens (tertiary/aromatic N) is 3. The van der Waals surface area contributed by atoms with E-state index in [0.29, 0.717) is 10.9 Å². The number of hydrogen-bond donors (Lipinski definition) is 2. The summed E-state index contributed by atoms with van der Waals surface area (Å²) in [4.78, 5) is 3.81. The van der Waals surface area contributed by atoms with E-state index in [-0.39, 0.29) is 11.7 Å². The van der Waals surface area contributed by atoms with E-state index in [1.807, 2.05) is 0 Å². The number of hydrazone groups is 1. The lowest BCUT2D eigenvalue weighted by molar-refractivity contribution is -0.0484. The van der Waals surface area contributed by atoms with E-state index >= 15 is 0 Å². The minimum atomic E-state index is -1.22. The fourth-order valence-corrected chi connectivity index (χ4v) is 1.12. The molecule has 1 unspecified atom stereocenters. The molecule has 68 valence electrons. The van der Waals surface area contributed by atoms with Crippen molar-refractivity contribution < 1.29 is 9.60 Å². The number of rotatable bonds is 0. The van der Waals surface area contributed by atoms with Crippen molar-refractivity contribution in [3.63, 3.8) is 0 Å². The van der Waals surface area contributed by atoms with Crippen molar-refractivity contribution in [3.8, 4) is 0 Å². The van der Waals surface area contributed by atoms with Gasteiger partial charge < -0.3 is 5.73 Å². The molecule has 6 heteroatoms. The lowest BCUT2D eigenvalue weighted by atomic mass is 10.1. The first-order valence-electron chi connectivity index (χ1n) is 3.63. The molecule has 0 spiro atoms. The van der Waals surface area contributed by atoms with Crippen molar-refractivity contribution in [1.29, 1.82) is 0 Å². The Morgan fingerprint density at radius 2 is 2.38 bits per heavy atom. The third kappa shape index (κ3) is 1.31. The molecular formula is C7H7FN4O. The zero-order chi connectivity index (χ0) is 9.42. The molecule has 1 aliphatic heterocycles. The van der Waals surface area contributed by atoms with Gasteiger partial charge in [-0.25, -0.2) is 9.38 Å². The first-order valence-corrected chi connectivity index (χ1v) is 3.63. The molecule has 0 saturated heterocycles. The summed E-state index contributed by atoms with van der Waals surface area (Å²) in [6.07, 6.45) is 2.74. The maximum Gasteiger partial charge on any atom is 0.241 e. The van der Waals surface area contributed by atoms with Crippen molar-refractivity contribution in [3.05, 3.63) is 23.9 Å². The van der Waals surface area contributed by atoms with Gasteiger partial charge in [0.15, 0.2) is 0 Å². The Morgan fingerprint density at radius 3 is 3.15 bits per heavy atom. The van der Waals surface area contributed by atoms with E-state index in [1.165, 1.54) is 18.2 Å². The molecule has 2 aliphatic rings. The number of alkyl halides is 1. The highest BCUT2D eigenvalue weighted by Crippen LogP contribution is 2.17. The van der Waals surface area contributed by atoms with Crippen molar-refractivity contribution in [2.24, 2.45) is 15.8 Å². The molecule has 1 aliphatic carbocycles. The Hall–Kier alpha value is -1.69. The van der Waals surface area contributed by atoms with Crippen molar-refractivity contribution in [2.75, 3.05) is 0 Å². The molecule has 5 nitrogen and oxygen atoms in total. The molecule has 0 radical (unpaired) electrons. The maximum atomic E-state index is 12.8. The number of allylic oxidation sites excluding steroid dienone is 3. The second kappa shape index (κ2) is 2.67. The molecule has 0 aromatic heterocycles. The number of hydroxylamine groups is 1. The van der Waals surface area contributed by atoms with Crippen LogP contribution >= 0.6 is 0 Å². The Labute approximate surface area is 73.3 Å². The van der Waals surface area contributed by atoms with Crippen LogP contribution in [0.2, 0.25) is 0 Å². The molecule has 0 amide bonds. The first-order chi connectivity index (χ1) is 6.16. The van der Waals surface area contributed by atoms with E-state index in [2.05, 4.69) is 10.1 Å². The molecular weight excluding hydrogens is 175 g/mol. The van der Waals surface area contributed by atoms with Crippen LogP contribution in [-0.4, -0.2) is 28.2 Å². The standard InChI is InChI=1S/C7H7FN4O/c8-4-1-2-5-6(3-4)12(13)11-7(9)10-5/h1-4,13H,(H2,9,11). The zero-order valence-corrected chi connectivity index (χ0v) is 6.55. The van der Waals surface area contributed by atoms with Crippen LogP contribution in [0.5, 0.6) is 0 Å². The van der Waals surface area contributed by atoms with E-state index in [4.69, 9.17) is 5.73 Å². The van der Waals surface area contributed by atoms with E-state index in [0.717, 1.165) is 0 Å². The molecule has 0 saturated carbocycles. The minimum Gasteiger partial charge on any atom is -0.366 e. The normalized spacial score (nSPS) is 26.2. The molecule has 0 fully saturated rings. The lowest BCUT2D eigenvalue weighted by Crippen LogP contribution is -2.30. The van der Waals surface area contributed by atoms with Crippen LogP contribution in [0.4, 0.5) is 4.39 Å². The number of nitrogens with two attached hydrogens (primary N) is 1. The quantitative estimate of drug-likeness (QED) is 0.560. The van der Waals surface area contributed by atoms with Gasteiger partial charge in [0.25, 0.3) is 0 Å². The van der Waals surface area contributed by atoms with Crippen LogP contribution in [0.15, 0.2) is 34.0 Å². The molecule has 2 rings (SSSR count). The second-order valence-electron chi connectivity index (χ2n) is 2.60. The van der Waals surface area contributed by atoms with Gasteiger partial charge in [-0.2, -0.15) is 0 Å². The Kier molecular flexibility index (Phi) is 1.63. The van der Waals surface area contributed by atoms with Crippen LogP contribution < -0.4 is 5.73 Å². The molecule has 1 atom stereocenters. The van der Waals surface area contributed by atoms with Crippen molar-refractivity contribution in [2.45, 2.75) is 6.17 Å². The topological polar surface area (TPSA) is 74.2 Å². The van der Waals surface area contributed by atoms with Crippen molar-refractivity contribution in [1.82, 2.24) is 5.17 Å².